The molecular formula is C42H31N3O3. The highest BCUT2D eigenvalue weighted by molar-refractivity contribution is 6.11. The van der Waals surface area contributed by atoms with Crippen molar-refractivity contribution >= 4 is 51.0 Å². The molecule has 0 saturated heterocycles. The van der Waals surface area contributed by atoms with Crippen molar-refractivity contribution < 1.29 is 14.6 Å². The lowest BCUT2D eigenvalue weighted by molar-refractivity contribution is 0.0526. The van der Waals surface area contributed by atoms with Crippen LogP contribution >= 0.6 is 0 Å². The number of aromatic hydroxyl groups is 1. The van der Waals surface area contributed by atoms with Gasteiger partial charge >= 0.3 is 5.97 Å². The maximum absolute atomic E-state index is 12.4. The number of benzene rings is 6. The first-order chi connectivity index (χ1) is 23.6. The van der Waals surface area contributed by atoms with Crippen molar-refractivity contribution in [2.75, 3.05) is 16.4 Å². The highest BCUT2D eigenvalue weighted by Gasteiger charge is 2.32. The van der Waals surface area contributed by atoms with Crippen LogP contribution in [-0.2, 0) is 4.74 Å². The molecule has 7 aromatic rings. The van der Waals surface area contributed by atoms with Gasteiger partial charge in [0.2, 0.25) is 0 Å². The van der Waals surface area contributed by atoms with Crippen molar-refractivity contribution in [2.45, 2.75) is 6.92 Å². The van der Waals surface area contributed by atoms with E-state index < -0.39 is 0 Å². The van der Waals surface area contributed by atoms with Crippen LogP contribution < -0.4 is 9.80 Å². The molecule has 0 atom stereocenters. The van der Waals surface area contributed by atoms with E-state index in [0.29, 0.717) is 28.8 Å². The monoisotopic (exact) mass is 625 g/mol. The second-order valence-electron chi connectivity index (χ2n) is 11.5. The lowest BCUT2D eigenvalue weighted by Gasteiger charge is -2.40. The van der Waals surface area contributed by atoms with Crippen LogP contribution in [0, 0.1) is 0 Å². The molecule has 0 amide bonds. The van der Waals surface area contributed by atoms with E-state index in [1.54, 1.807) is 25.1 Å². The molecule has 6 aromatic carbocycles. The van der Waals surface area contributed by atoms with Gasteiger partial charge in [0.1, 0.15) is 5.75 Å². The van der Waals surface area contributed by atoms with Crippen LogP contribution in [0.4, 0.5) is 34.1 Å². The van der Waals surface area contributed by atoms with Crippen LogP contribution in [0.5, 0.6) is 5.75 Å². The van der Waals surface area contributed by atoms with Crippen LogP contribution in [0.2, 0.25) is 0 Å². The van der Waals surface area contributed by atoms with Crippen molar-refractivity contribution in [3.63, 3.8) is 0 Å². The molecule has 0 fully saturated rings. The Bertz CT molecular complexity index is 2240. The van der Waals surface area contributed by atoms with Gasteiger partial charge in [0.25, 0.3) is 0 Å². The summed E-state index contributed by atoms with van der Waals surface area (Å²) in [4.78, 5) is 22.2. The van der Waals surface area contributed by atoms with Crippen LogP contribution in [0.15, 0.2) is 152 Å². The standard InChI is InChI=1S/C42H31N3O3/c1-2-48-42(47)30-23-21-29(22-24-30)33-27-32(28-13-5-3-6-14-28)40-39(46)26-25-38(41(40)43-33)45-36-19-11-9-17-34(36)44(31-15-7-4-8-16-31)35-18-10-12-20-37(35)45/h3-27,46H,2H2,1H3. The molecule has 0 radical (unpaired) electrons. The second-order valence-corrected chi connectivity index (χ2v) is 11.5. The molecule has 0 bridgehead atoms. The molecule has 6 heteroatoms. The number of carbonyl (C=O) groups excluding carboxylic acids is 1. The zero-order valence-electron chi connectivity index (χ0n) is 26.2. The summed E-state index contributed by atoms with van der Waals surface area (Å²) in [6.45, 7) is 2.10. The Balaban J connectivity index is 1.39. The number of carbonyl (C=O) groups is 1. The van der Waals surface area contributed by atoms with Gasteiger partial charge in [-0.3, -0.25) is 0 Å². The van der Waals surface area contributed by atoms with Crippen molar-refractivity contribution in [3.05, 3.63) is 157 Å². The van der Waals surface area contributed by atoms with E-state index in [-0.39, 0.29) is 11.7 Å². The summed E-state index contributed by atoms with van der Waals surface area (Å²) in [7, 11) is 0. The topological polar surface area (TPSA) is 65.9 Å². The maximum Gasteiger partial charge on any atom is 0.338 e. The molecule has 1 N–H and O–H groups in total. The number of esters is 1. The fourth-order valence-corrected chi connectivity index (χ4v) is 6.53. The Morgan fingerprint density at radius 1 is 0.625 bits per heavy atom. The average molecular weight is 626 g/mol. The Hall–Kier alpha value is -6.40. The highest BCUT2D eigenvalue weighted by atomic mass is 16.5. The molecule has 2 heterocycles. The van der Waals surface area contributed by atoms with Crippen molar-refractivity contribution in [3.8, 4) is 28.1 Å². The normalized spacial score (nSPS) is 12.0. The average Bonchev–Trinajstić information content (AvgIpc) is 3.14. The number of anilines is 6. The molecular weight excluding hydrogens is 594 g/mol. The summed E-state index contributed by atoms with van der Waals surface area (Å²) in [5.74, 6) is -0.214. The molecule has 0 unspecified atom stereocenters. The zero-order chi connectivity index (χ0) is 32.6. The van der Waals surface area contributed by atoms with Gasteiger partial charge in [0.05, 0.1) is 57.2 Å². The molecule has 1 aliphatic heterocycles. The third-order valence-corrected chi connectivity index (χ3v) is 8.68. The molecule has 0 spiro atoms. The summed E-state index contributed by atoms with van der Waals surface area (Å²) < 4.78 is 5.21. The fraction of sp³-hybridized carbons (Fsp3) is 0.0476. The molecule has 8 rings (SSSR count). The van der Waals surface area contributed by atoms with Crippen molar-refractivity contribution in [1.82, 2.24) is 4.98 Å². The Morgan fingerprint density at radius 2 is 1.19 bits per heavy atom. The number of phenols is 1. The number of hydrogen-bond donors (Lipinski definition) is 1. The summed E-state index contributed by atoms with van der Waals surface area (Å²) in [6.07, 6.45) is 0. The number of nitrogens with zero attached hydrogens (tertiary/aromatic N) is 3. The van der Waals surface area contributed by atoms with Gasteiger partial charge in [0, 0.05) is 11.3 Å². The lowest BCUT2D eigenvalue weighted by atomic mass is 9.96. The largest absolute Gasteiger partial charge is 0.507 e. The predicted molar refractivity (Wildman–Crippen MR) is 193 cm³/mol. The van der Waals surface area contributed by atoms with E-state index in [2.05, 4.69) is 70.5 Å². The minimum atomic E-state index is -0.361. The van der Waals surface area contributed by atoms with Gasteiger partial charge in [-0.1, -0.05) is 84.9 Å². The second kappa shape index (κ2) is 12.1. The zero-order valence-corrected chi connectivity index (χ0v) is 26.2. The first-order valence-corrected chi connectivity index (χ1v) is 16.0. The van der Waals surface area contributed by atoms with Gasteiger partial charge in [-0.15, -0.1) is 0 Å². The van der Waals surface area contributed by atoms with E-state index in [1.807, 2.05) is 72.8 Å². The first-order valence-electron chi connectivity index (χ1n) is 16.0. The minimum absolute atomic E-state index is 0.147. The third kappa shape index (κ3) is 4.91. The van der Waals surface area contributed by atoms with Crippen LogP contribution in [0.3, 0.4) is 0 Å². The molecule has 1 aromatic heterocycles. The SMILES string of the molecule is CCOC(=O)c1ccc(-c2cc(-c3ccccc3)c3c(O)ccc(N4c5ccccc5N(c5ccccc5)c5ccccc54)c3n2)cc1. The van der Waals surface area contributed by atoms with Gasteiger partial charge in [-0.05, 0) is 84.8 Å². The van der Waals surface area contributed by atoms with E-state index in [1.165, 1.54) is 0 Å². The summed E-state index contributed by atoms with van der Waals surface area (Å²) in [5, 5.41) is 12.2. The van der Waals surface area contributed by atoms with Gasteiger partial charge in [-0.25, -0.2) is 9.78 Å². The van der Waals surface area contributed by atoms with Crippen LogP contribution in [0.1, 0.15) is 17.3 Å². The van der Waals surface area contributed by atoms with Crippen LogP contribution in [0.25, 0.3) is 33.3 Å². The summed E-state index contributed by atoms with van der Waals surface area (Å²) in [5.41, 5.74) is 10.4. The van der Waals surface area contributed by atoms with Crippen LogP contribution in [-0.4, -0.2) is 22.7 Å². The Morgan fingerprint density at radius 3 is 1.79 bits per heavy atom. The number of hydrogen-bond acceptors (Lipinski definition) is 6. The highest BCUT2D eigenvalue weighted by Crippen LogP contribution is 2.55. The van der Waals surface area contributed by atoms with E-state index >= 15 is 0 Å². The molecule has 0 saturated carbocycles. The maximum atomic E-state index is 12.4. The van der Waals surface area contributed by atoms with E-state index in [9.17, 15) is 9.90 Å². The van der Waals surface area contributed by atoms with Gasteiger partial charge < -0.3 is 19.6 Å². The number of ether oxygens (including phenoxy) is 1. The Kier molecular flexibility index (Phi) is 7.31. The van der Waals surface area contributed by atoms with Gasteiger partial charge in [0.15, 0.2) is 0 Å². The predicted octanol–water partition coefficient (Wildman–Crippen LogP) is 10.7. The first kappa shape index (κ1) is 29.0. The minimum Gasteiger partial charge on any atom is -0.507 e. The van der Waals surface area contributed by atoms with Crippen molar-refractivity contribution in [2.24, 2.45) is 0 Å². The fourth-order valence-electron chi connectivity index (χ4n) is 6.53. The Labute approximate surface area is 278 Å². The number of para-hydroxylation sites is 5. The number of rotatable bonds is 6. The van der Waals surface area contributed by atoms with E-state index in [4.69, 9.17) is 9.72 Å². The number of fused-ring (bicyclic) bond motifs is 3. The third-order valence-electron chi connectivity index (χ3n) is 8.68. The molecule has 1 aliphatic rings. The molecule has 232 valence electrons. The quantitative estimate of drug-likeness (QED) is 0.186. The molecule has 0 aliphatic carbocycles. The number of aromatic nitrogens is 1. The smallest absolute Gasteiger partial charge is 0.338 e. The molecule has 6 nitrogen and oxygen atoms in total. The lowest BCUT2D eigenvalue weighted by Crippen LogP contribution is -2.24. The van der Waals surface area contributed by atoms with Crippen molar-refractivity contribution in [1.29, 1.82) is 0 Å². The molecule has 48 heavy (non-hydrogen) atoms. The number of pyridine rings is 1. The number of phenolic OH excluding ortho intramolecular Hbond substituents is 1. The van der Waals surface area contributed by atoms with E-state index in [0.717, 1.165) is 50.8 Å². The van der Waals surface area contributed by atoms with Gasteiger partial charge in [-0.2, -0.15) is 0 Å². The summed E-state index contributed by atoms with van der Waals surface area (Å²) in [6, 6.07) is 50.1. The summed E-state index contributed by atoms with van der Waals surface area (Å²) >= 11 is 0.